The molecule has 0 bridgehead atoms. The molecule has 7 nitrogen and oxygen atoms in total. The maximum atomic E-state index is 11.8. The number of carbonyl (C=O) groups excluding carboxylic acids is 1. The Morgan fingerprint density at radius 1 is 1.50 bits per heavy atom. The van der Waals surface area contributed by atoms with Gasteiger partial charge in [-0.3, -0.25) is 9.59 Å². The summed E-state index contributed by atoms with van der Waals surface area (Å²) in [6.07, 6.45) is 2.12. The van der Waals surface area contributed by atoms with E-state index in [4.69, 9.17) is 10.5 Å². The number of amides is 1. The number of aromatic nitrogens is 2. The van der Waals surface area contributed by atoms with E-state index in [2.05, 4.69) is 10.4 Å². The number of nitrogens with zero attached hydrogens (tertiary/aromatic N) is 2. The topological polar surface area (TPSA) is 99.2 Å². The molecular weight excluding hydrogens is 260 g/mol. The minimum absolute atomic E-state index is 0.112. The summed E-state index contributed by atoms with van der Waals surface area (Å²) in [7, 11) is 0. The third-order valence-electron chi connectivity index (χ3n) is 2.27. The van der Waals surface area contributed by atoms with Crippen molar-refractivity contribution in [2.75, 3.05) is 13.2 Å². The molecule has 0 unspecified atom stereocenters. The van der Waals surface area contributed by atoms with Gasteiger partial charge < -0.3 is 15.8 Å². The van der Waals surface area contributed by atoms with Crippen molar-refractivity contribution >= 4 is 5.91 Å². The van der Waals surface area contributed by atoms with Gasteiger partial charge in [0.05, 0.1) is 12.8 Å². The molecule has 1 aromatic heterocycles. The third kappa shape index (κ3) is 5.83. The number of rotatable bonds is 6. The SMILES string of the molecule is CC(C)(C)NC(=O)Cn1ncc(OCCCN)cc1=O. The first-order valence-electron chi connectivity index (χ1n) is 6.53. The third-order valence-corrected chi connectivity index (χ3v) is 2.27. The Bertz CT molecular complexity index is 505. The highest BCUT2D eigenvalue weighted by molar-refractivity contribution is 5.76. The number of nitrogens with two attached hydrogens (primary N) is 1. The van der Waals surface area contributed by atoms with Gasteiger partial charge >= 0.3 is 0 Å². The van der Waals surface area contributed by atoms with E-state index in [1.807, 2.05) is 20.8 Å². The molecule has 0 fully saturated rings. The minimum atomic E-state index is -0.376. The highest BCUT2D eigenvalue weighted by atomic mass is 16.5. The van der Waals surface area contributed by atoms with E-state index in [0.29, 0.717) is 25.3 Å². The van der Waals surface area contributed by atoms with Crippen LogP contribution in [-0.4, -0.2) is 34.4 Å². The molecule has 0 saturated heterocycles. The Hall–Kier alpha value is -1.89. The van der Waals surface area contributed by atoms with Gasteiger partial charge in [-0.05, 0) is 33.7 Å². The number of hydrogen-bond donors (Lipinski definition) is 2. The second-order valence-corrected chi connectivity index (χ2v) is 5.48. The molecular formula is C13H22N4O3. The number of ether oxygens (including phenoxy) is 1. The fraction of sp³-hybridized carbons (Fsp3) is 0.615. The summed E-state index contributed by atoms with van der Waals surface area (Å²) < 4.78 is 6.41. The summed E-state index contributed by atoms with van der Waals surface area (Å²) >= 11 is 0. The molecule has 0 aromatic carbocycles. The second kappa shape index (κ2) is 7.04. The smallest absolute Gasteiger partial charge is 0.270 e. The summed E-state index contributed by atoms with van der Waals surface area (Å²) in [6.45, 7) is 6.46. The van der Waals surface area contributed by atoms with E-state index < -0.39 is 0 Å². The van der Waals surface area contributed by atoms with Crippen LogP contribution in [0.3, 0.4) is 0 Å². The maximum Gasteiger partial charge on any atom is 0.270 e. The number of nitrogens with one attached hydrogen (secondary N) is 1. The molecule has 0 aliphatic carbocycles. The Labute approximate surface area is 118 Å². The molecule has 0 aliphatic rings. The van der Waals surface area contributed by atoms with Crippen LogP contribution in [0.5, 0.6) is 5.75 Å². The first-order valence-corrected chi connectivity index (χ1v) is 6.53. The lowest BCUT2D eigenvalue weighted by Crippen LogP contribution is -2.43. The molecule has 112 valence electrons. The highest BCUT2D eigenvalue weighted by Gasteiger charge is 2.14. The Morgan fingerprint density at radius 3 is 2.75 bits per heavy atom. The monoisotopic (exact) mass is 282 g/mol. The van der Waals surface area contributed by atoms with Crippen LogP contribution in [0.25, 0.3) is 0 Å². The molecule has 3 N–H and O–H groups in total. The highest BCUT2D eigenvalue weighted by Crippen LogP contribution is 2.04. The minimum Gasteiger partial charge on any atom is -0.492 e. The molecule has 0 aliphatic heterocycles. The Morgan fingerprint density at radius 2 is 2.20 bits per heavy atom. The molecule has 7 heteroatoms. The normalized spacial score (nSPS) is 11.2. The van der Waals surface area contributed by atoms with Crippen LogP contribution in [0.15, 0.2) is 17.1 Å². The second-order valence-electron chi connectivity index (χ2n) is 5.48. The lowest BCUT2D eigenvalue weighted by molar-refractivity contribution is -0.123. The van der Waals surface area contributed by atoms with Crippen LogP contribution >= 0.6 is 0 Å². The van der Waals surface area contributed by atoms with Gasteiger partial charge in [0.25, 0.3) is 5.56 Å². The number of carbonyl (C=O) groups is 1. The average molecular weight is 282 g/mol. The van der Waals surface area contributed by atoms with Crippen molar-refractivity contribution in [3.05, 3.63) is 22.6 Å². The summed E-state index contributed by atoms with van der Waals surface area (Å²) in [6, 6.07) is 1.31. The van der Waals surface area contributed by atoms with Crippen molar-refractivity contribution in [3.8, 4) is 5.75 Å². The van der Waals surface area contributed by atoms with Gasteiger partial charge in [0.1, 0.15) is 12.3 Å². The van der Waals surface area contributed by atoms with Gasteiger partial charge in [0.2, 0.25) is 5.91 Å². The van der Waals surface area contributed by atoms with Gasteiger partial charge in [-0.2, -0.15) is 5.10 Å². The van der Waals surface area contributed by atoms with Crippen LogP contribution in [0.2, 0.25) is 0 Å². The molecule has 0 spiro atoms. The quantitative estimate of drug-likeness (QED) is 0.709. The van der Waals surface area contributed by atoms with Crippen LogP contribution in [0.4, 0.5) is 0 Å². The predicted molar refractivity (Wildman–Crippen MR) is 75.6 cm³/mol. The van der Waals surface area contributed by atoms with E-state index in [9.17, 15) is 9.59 Å². The summed E-state index contributed by atoms with van der Waals surface area (Å²) in [4.78, 5) is 23.5. The zero-order chi connectivity index (χ0) is 15.2. The molecule has 0 radical (unpaired) electrons. The van der Waals surface area contributed by atoms with Crippen molar-refractivity contribution in [2.45, 2.75) is 39.3 Å². The van der Waals surface area contributed by atoms with Crippen molar-refractivity contribution in [2.24, 2.45) is 5.73 Å². The zero-order valence-corrected chi connectivity index (χ0v) is 12.2. The molecule has 1 aromatic rings. The van der Waals surface area contributed by atoms with Gasteiger partial charge in [-0.15, -0.1) is 0 Å². The van der Waals surface area contributed by atoms with Crippen molar-refractivity contribution < 1.29 is 9.53 Å². The standard InChI is InChI=1S/C13H22N4O3/c1-13(2,3)16-11(18)9-17-12(19)7-10(8-15-17)20-6-4-5-14/h7-8H,4-6,9,14H2,1-3H3,(H,16,18). The van der Waals surface area contributed by atoms with Gasteiger partial charge in [0.15, 0.2) is 0 Å². The van der Waals surface area contributed by atoms with E-state index in [1.165, 1.54) is 12.3 Å². The first-order chi connectivity index (χ1) is 9.31. The van der Waals surface area contributed by atoms with Crippen molar-refractivity contribution in [3.63, 3.8) is 0 Å². The van der Waals surface area contributed by atoms with E-state index in [-0.39, 0.29) is 23.6 Å². The summed E-state index contributed by atoms with van der Waals surface area (Å²) in [5, 5.41) is 6.68. The van der Waals surface area contributed by atoms with Crippen molar-refractivity contribution in [1.82, 2.24) is 15.1 Å². The number of hydrogen-bond acceptors (Lipinski definition) is 5. The fourth-order valence-corrected chi connectivity index (χ4v) is 1.48. The van der Waals surface area contributed by atoms with Gasteiger partial charge in [-0.1, -0.05) is 0 Å². The van der Waals surface area contributed by atoms with E-state index in [0.717, 1.165) is 4.68 Å². The first kappa shape index (κ1) is 16.2. The van der Waals surface area contributed by atoms with Crippen molar-refractivity contribution in [1.29, 1.82) is 0 Å². The molecule has 1 heterocycles. The van der Waals surface area contributed by atoms with Gasteiger partial charge in [-0.25, -0.2) is 4.68 Å². The Kier molecular flexibility index (Phi) is 5.69. The molecule has 0 atom stereocenters. The lowest BCUT2D eigenvalue weighted by Gasteiger charge is -2.20. The average Bonchev–Trinajstić information content (AvgIpc) is 2.30. The largest absolute Gasteiger partial charge is 0.492 e. The van der Waals surface area contributed by atoms with Gasteiger partial charge in [0, 0.05) is 11.6 Å². The van der Waals surface area contributed by atoms with Crippen LogP contribution in [-0.2, 0) is 11.3 Å². The maximum absolute atomic E-state index is 11.8. The molecule has 1 rings (SSSR count). The van der Waals surface area contributed by atoms with E-state index in [1.54, 1.807) is 0 Å². The van der Waals surface area contributed by atoms with Crippen LogP contribution in [0.1, 0.15) is 27.2 Å². The van der Waals surface area contributed by atoms with E-state index >= 15 is 0 Å². The predicted octanol–water partition coefficient (Wildman–Crippen LogP) is -0.114. The van der Waals surface area contributed by atoms with Crippen LogP contribution in [0, 0.1) is 0 Å². The lowest BCUT2D eigenvalue weighted by atomic mass is 10.1. The molecule has 20 heavy (non-hydrogen) atoms. The summed E-state index contributed by atoms with van der Waals surface area (Å²) in [5.41, 5.74) is 4.63. The summed E-state index contributed by atoms with van der Waals surface area (Å²) in [5.74, 6) is 0.125. The molecule has 0 saturated carbocycles. The molecule has 1 amide bonds. The fourth-order valence-electron chi connectivity index (χ4n) is 1.48. The Balaban J connectivity index is 2.64. The zero-order valence-electron chi connectivity index (χ0n) is 12.2. The van der Waals surface area contributed by atoms with Crippen LogP contribution < -0.4 is 21.3 Å².